The first kappa shape index (κ1) is 19.0. The molecule has 0 atom stereocenters. The van der Waals surface area contributed by atoms with Crippen molar-refractivity contribution in [3.05, 3.63) is 24.7 Å². The monoisotopic (exact) mass is 349 g/mol. The molecule has 0 N–H and O–H groups in total. The van der Waals surface area contributed by atoms with Crippen molar-refractivity contribution in [2.75, 3.05) is 19.7 Å². The van der Waals surface area contributed by atoms with Crippen LogP contribution in [0.3, 0.4) is 0 Å². The van der Waals surface area contributed by atoms with E-state index in [4.69, 9.17) is 14.2 Å². The summed E-state index contributed by atoms with van der Waals surface area (Å²) in [5.41, 5.74) is -0.481. The SMILES string of the molecule is C=C(OCC)c1nccc(OC2CCN(C(=O)OC(C)(C)C)CC2)n1. The van der Waals surface area contributed by atoms with Crippen LogP contribution < -0.4 is 4.74 Å². The van der Waals surface area contributed by atoms with Crippen LogP contribution in [0.4, 0.5) is 4.79 Å². The molecule has 138 valence electrons. The average molecular weight is 349 g/mol. The van der Waals surface area contributed by atoms with E-state index < -0.39 is 5.60 Å². The third-order valence-electron chi connectivity index (χ3n) is 3.58. The lowest BCUT2D eigenvalue weighted by molar-refractivity contribution is 0.0123. The maximum atomic E-state index is 12.1. The number of piperidine rings is 1. The van der Waals surface area contributed by atoms with Gasteiger partial charge in [-0.05, 0) is 27.7 Å². The molecule has 0 radical (unpaired) electrons. The molecule has 1 aromatic rings. The van der Waals surface area contributed by atoms with E-state index in [0.29, 0.717) is 37.2 Å². The van der Waals surface area contributed by atoms with E-state index in [0.717, 1.165) is 12.8 Å². The Balaban J connectivity index is 1.87. The van der Waals surface area contributed by atoms with E-state index in [1.807, 2.05) is 27.7 Å². The zero-order valence-corrected chi connectivity index (χ0v) is 15.4. The lowest BCUT2D eigenvalue weighted by atomic mass is 10.1. The zero-order chi connectivity index (χ0) is 18.4. The highest BCUT2D eigenvalue weighted by Gasteiger charge is 2.27. The van der Waals surface area contributed by atoms with Crippen LogP contribution in [0.2, 0.25) is 0 Å². The van der Waals surface area contributed by atoms with Gasteiger partial charge in [-0.1, -0.05) is 6.58 Å². The van der Waals surface area contributed by atoms with Gasteiger partial charge in [0.1, 0.15) is 11.7 Å². The molecule has 7 nitrogen and oxygen atoms in total. The van der Waals surface area contributed by atoms with Crippen molar-refractivity contribution in [3.63, 3.8) is 0 Å². The van der Waals surface area contributed by atoms with Gasteiger partial charge in [-0.15, -0.1) is 0 Å². The summed E-state index contributed by atoms with van der Waals surface area (Å²) in [5, 5.41) is 0. The van der Waals surface area contributed by atoms with Gasteiger partial charge in [0.25, 0.3) is 0 Å². The molecule has 0 saturated carbocycles. The van der Waals surface area contributed by atoms with Crippen LogP contribution in [0.15, 0.2) is 18.8 Å². The number of aromatic nitrogens is 2. The second kappa shape index (κ2) is 8.18. The summed E-state index contributed by atoms with van der Waals surface area (Å²) in [7, 11) is 0. The molecular weight excluding hydrogens is 322 g/mol. The highest BCUT2D eigenvalue weighted by Crippen LogP contribution is 2.20. The highest BCUT2D eigenvalue weighted by molar-refractivity contribution is 5.68. The van der Waals surface area contributed by atoms with E-state index in [-0.39, 0.29) is 12.2 Å². The number of carbonyl (C=O) groups is 1. The Labute approximate surface area is 149 Å². The van der Waals surface area contributed by atoms with Crippen LogP contribution in [0.5, 0.6) is 5.88 Å². The summed E-state index contributed by atoms with van der Waals surface area (Å²) in [5.74, 6) is 1.33. The maximum absolute atomic E-state index is 12.1. The number of rotatable bonds is 5. The predicted molar refractivity (Wildman–Crippen MR) is 94.1 cm³/mol. The number of ether oxygens (including phenoxy) is 3. The summed E-state index contributed by atoms with van der Waals surface area (Å²) >= 11 is 0. The van der Waals surface area contributed by atoms with E-state index in [9.17, 15) is 4.79 Å². The molecule has 1 aliphatic rings. The van der Waals surface area contributed by atoms with Gasteiger partial charge in [-0.25, -0.2) is 9.78 Å². The van der Waals surface area contributed by atoms with E-state index >= 15 is 0 Å². The normalized spacial score (nSPS) is 15.6. The first-order chi connectivity index (χ1) is 11.8. The van der Waals surface area contributed by atoms with Gasteiger partial charge in [-0.3, -0.25) is 0 Å². The molecule has 0 bridgehead atoms. The Hall–Kier alpha value is -2.31. The standard InChI is InChI=1S/C18H27N3O4/c1-6-23-13(2)16-19-10-7-15(20-16)24-14-8-11-21(12-9-14)17(22)25-18(3,4)5/h7,10,14H,2,6,8-9,11-12H2,1,3-5H3. The van der Waals surface area contributed by atoms with Crippen LogP contribution >= 0.6 is 0 Å². The quantitative estimate of drug-likeness (QED) is 0.760. The molecule has 25 heavy (non-hydrogen) atoms. The smallest absolute Gasteiger partial charge is 0.410 e. The summed E-state index contributed by atoms with van der Waals surface area (Å²) in [4.78, 5) is 22.3. The Morgan fingerprint density at radius 1 is 1.36 bits per heavy atom. The molecule has 2 heterocycles. The summed E-state index contributed by atoms with van der Waals surface area (Å²) in [6.07, 6.45) is 2.80. The van der Waals surface area contributed by atoms with Gasteiger partial charge in [0.15, 0.2) is 11.6 Å². The molecule has 0 unspecified atom stereocenters. The van der Waals surface area contributed by atoms with Gasteiger partial charge in [0, 0.05) is 38.2 Å². The fraction of sp³-hybridized carbons (Fsp3) is 0.611. The topological polar surface area (TPSA) is 73.8 Å². The van der Waals surface area contributed by atoms with Gasteiger partial charge >= 0.3 is 6.09 Å². The molecule has 2 rings (SSSR count). The molecule has 1 fully saturated rings. The number of hydrogen-bond acceptors (Lipinski definition) is 6. The van der Waals surface area contributed by atoms with Crippen LogP contribution in [-0.4, -0.2) is 52.4 Å². The molecule has 1 aliphatic heterocycles. The van der Waals surface area contributed by atoms with E-state index in [1.54, 1.807) is 17.2 Å². The van der Waals surface area contributed by atoms with Crippen LogP contribution in [-0.2, 0) is 9.47 Å². The number of amides is 1. The summed E-state index contributed by atoms with van der Waals surface area (Å²) in [6.45, 7) is 13.0. The minimum absolute atomic E-state index is 0.00166. The Morgan fingerprint density at radius 2 is 2.04 bits per heavy atom. The molecule has 1 amide bonds. The average Bonchev–Trinajstić information content (AvgIpc) is 2.54. The summed E-state index contributed by atoms with van der Waals surface area (Å²) in [6, 6.07) is 1.71. The fourth-order valence-electron chi connectivity index (χ4n) is 2.43. The van der Waals surface area contributed by atoms with Crippen LogP contribution in [0.1, 0.15) is 46.4 Å². The van der Waals surface area contributed by atoms with Gasteiger partial charge in [0.05, 0.1) is 6.61 Å². The maximum Gasteiger partial charge on any atom is 0.410 e. The van der Waals surface area contributed by atoms with E-state index in [2.05, 4.69) is 16.5 Å². The van der Waals surface area contributed by atoms with Crippen molar-refractivity contribution in [2.45, 2.75) is 52.2 Å². The first-order valence-corrected chi connectivity index (χ1v) is 8.58. The molecule has 7 heteroatoms. The Morgan fingerprint density at radius 3 is 2.64 bits per heavy atom. The molecular formula is C18H27N3O4. The van der Waals surface area contributed by atoms with Gasteiger partial charge in [0.2, 0.25) is 5.88 Å². The zero-order valence-electron chi connectivity index (χ0n) is 15.4. The predicted octanol–water partition coefficient (Wildman–Crippen LogP) is 3.26. The Bertz CT molecular complexity index is 605. The van der Waals surface area contributed by atoms with Gasteiger partial charge in [-0.2, -0.15) is 4.98 Å². The molecule has 0 aliphatic carbocycles. The van der Waals surface area contributed by atoms with Crippen molar-refractivity contribution >= 4 is 11.9 Å². The van der Waals surface area contributed by atoms with Gasteiger partial charge < -0.3 is 19.1 Å². The first-order valence-electron chi connectivity index (χ1n) is 8.58. The number of carbonyl (C=O) groups excluding carboxylic acids is 1. The number of hydrogen-bond donors (Lipinski definition) is 0. The third-order valence-corrected chi connectivity index (χ3v) is 3.58. The molecule has 0 aromatic carbocycles. The van der Waals surface area contributed by atoms with Crippen molar-refractivity contribution in [1.82, 2.24) is 14.9 Å². The van der Waals surface area contributed by atoms with Crippen LogP contribution in [0.25, 0.3) is 5.76 Å². The largest absolute Gasteiger partial charge is 0.491 e. The molecule has 1 saturated heterocycles. The number of likely N-dealkylation sites (tertiary alicyclic amines) is 1. The van der Waals surface area contributed by atoms with Crippen molar-refractivity contribution in [1.29, 1.82) is 0 Å². The minimum atomic E-state index is -0.481. The Kier molecular flexibility index (Phi) is 6.22. The van der Waals surface area contributed by atoms with Crippen LogP contribution in [0, 0.1) is 0 Å². The summed E-state index contributed by atoms with van der Waals surface area (Å²) < 4.78 is 16.6. The molecule has 1 aromatic heterocycles. The fourth-order valence-corrected chi connectivity index (χ4v) is 2.43. The van der Waals surface area contributed by atoms with Crippen molar-refractivity contribution in [3.8, 4) is 5.88 Å². The highest BCUT2D eigenvalue weighted by atomic mass is 16.6. The third kappa shape index (κ3) is 5.92. The second-order valence-corrected chi connectivity index (χ2v) is 6.86. The van der Waals surface area contributed by atoms with Crippen molar-refractivity contribution < 1.29 is 19.0 Å². The van der Waals surface area contributed by atoms with Crippen molar-refractivity contribution in [2.24, 2.45) is 0 Å². The minimum Gasteiger partial charge on any atom is -0.491 e. The number of nitrogens with zero attached hydrogens (tertiary/aromatic N) is 3. The lowest BCUT2D eigenvalue weighted by Gasteiger charge is -2.33. The molecule has 0 spiro atoms. The lowest BCUT2D eigenvalue weighted by Crippen LogP contribution is -2.44. The second-order valence-electron chi connectivity index (χ2n) is 6.86. The van der Waals surface area contributed by atoms with E-state index in [1.165, 1.54) is 0 Å².